The Hall–Kier alpha value is -3.95. The van der Waals surface area contributed by atoms with E-state index in [9.17, 15) is 14.4 Å². The van der Waals surface area contributed by atoms with Crippen LogP contribution in [0.2, 0.25) is 0 Å². The summed E-state index contributed by atoms with van der Waals surface area (Å²) in [6.07, 6.45) is 4.24. The number of thiophene rings is 1. The molecule has 8 nitrogen and oxygen atoms in total. The largest absolute Gasteiger partial charge is 0.497 e. The first-order valence-electron chi connectivity index (χ1n) is 13.8. The predicted molar refractivity (Wildman–Crippen MR) is 155 cm³/mol. The molecule has 1 aromatic heterocycles. The summed E-state index contributed by atoms with van der Waals surface area (Å²) in [5, 5.41) is 8.01. The smallest absolute Gasteiger partial charge is 0.246 e. The van der Waals surface area contributed by atoms with Crippen molar-refractivity contribution in [1.82, 2.24) is 15.5 Å². The van der Waals surface area contributed by atoms with E-state index in [4.69, 9.17) is 9.47 Å². The van der Waals surface area contributed by atoms with Gasteiger partial charge in [0.05, 0.1) is 31.1 Å². The number of hydrogen-bond acceptors (Lipinski definition) is 6. The van der Waals surface area contributed by atoms with Crippen LogP contribution < -0.4 is 15.4 Å². The van der Waals surface area contributed by atoms with Crippen LogP contribution in [0.1, 0.15) is 22.9 Å². The van der Waals surface area contributed by atoms with Crippen LogP contribution >= 0.6 is 11.3 Å². The first kappa shape index (κ1) is 27.2. The Morgan fingerprint density at radius 3 is 2.41 bits per heavy atom. The van der Waals surface area contributed by atoms with Crippen LogP contribution in [-0.4, -0.2) is 53.5 Å². The Labute approximate surface area is 243 Å². The van der Waals surface area contributed by atoms with Crippen molar-refractivity contribution in [2.45, 2.75) is 43.7 Å². The summed E-state index contributed by atoms with van der Waals surface area (Å²) in [5.41, 5.74) is -0.249. The fourth-order valence-corrected chi connectivity index (χ4v) is 7.14. The van der Waals surface area contributed by atoms with Gasteiger partial charge < -0.3 is 25.0 Å². The van der Waals surface area contributed by atoms with Crippen LogP contribution in [0.4, 0.5) is 0 Å². The Kier molecular flexibility index (Phi) is 7.17. The average Bonchev–Trinajstić information content (AvgIpc) is 3.74. The third kappa shape index (κ3) is 4.83. The molecule has 6 rings (SSSR count). The maximum Gasteiger partial charge on any atom is 0.246 e. The van der Waals surface area contributed by atoms with Crippen molar-refractivity contribution in [3.05, 3.63) is 100 Å². The quantitative estimate of drug-likeness (QED) is 0.364. The monoisotopic (exact) mass is 571 g/mol. The summed E-state index contributed by atoms with van der Waals surface area (Å²) in [7, 11) is 1.62. The minimum Gasteiger partial charge on any atom is -0.497 e. The van der Waals surface area contributed by atoms with Crippen LogP contribution in [0.25, 0.3) is 0 Å². The number of hydrogen-bond donors (Lipinski definition) is 2. The number of amides is 3. The number of ether oxygens (including phenoxy) is 2. The van der Waals surface area contributed by atoms with E-state index < -0.39 is 29.1 Å². The summed E-state index contributed by atoms with van der Waals surface area (Å²) >= 11 is 1.56. The number of fused-ring (bicyclic) bond motifs is 1. The maximum atomic E-state index is 14.2. The van der Waals surface area contributed by atoms with Crippen LogP contribution in [0, 0.1) is 11.8 Å². The molecular formula is C32H33N3O5S. The Morgan fingerprint density at radius 2 is 1.71 bits per heavy atom. The Morgan fingerprint density at radius 1 is 0.951 bits per heavy atom. The van der Waals surface area contributed by atoms with Gasteiger partial charge in [0.1, 0.15) is 17.4 Å². The summed E-state index contributed by atoms with van der Waals surface area (Å²) < 4.78 is 11.9. The second-order valence-corrected chi connectivity index (χ2v) is 12.0. The van der Waals surface area contributed by atoms with Gasteiger partial charge >= 0.3 is 0 Å². The molecule has 0 aliphatic carbocycles. The number of rotatable bonds is 10. The van der Waals surface area contributed by atoms with E-state index >= 15 is 0 Å². The highest BCUT2D eigenvalue weighted by molar-refractivity contribution is 7.09. The average molecular weight is 572 g/mol. The van der Waals surface area contributed by atoms with E-state index in [1.807, 2.05) is 91.2 Å². The molecule has 2 bridgehead atoms. The maximum absolute atomic E-state index is 14.2. The lowest BCUT2D eigenvalue weighted by Gasteiger charge is -2.33. The minimum absolute atomic E-state index is 0.234. The molecule has 0 saturated carbocycles. The van der Waals surface area contributed by atoms with E-state index in [0.29, 0.717) is 26.1 Å². The standard InChI is InChI=1S/C32H33N3O5S/c1-31-15-16-32(40-31)26(25(31)28(36)34-20-24-9-6-18-41-24)30(38)35(17-14-21-10-12-23(39-2)13-11-21)27(32)29(37)33-19-22-7-4-3-5-8-22/h3-13,15-16,18,25-27H,14,17,19-20H2,1-2H3,(H,33,37)(H,34,36)/t25-,26+,27-,31+,32-/m1/s1. The van der Waals surface area contributed by atoms with Gasteiger partial charge in [-0.2, -0.15) is 0 Å². The lowest BCUT2D eigenvalue weighted by atomic mass is 9.70. The number of carbonyl (C=O) groups is 3. The summed E-state index contributed by atoms with van der Waals surface area (Å²) in [6, 6.07) is 20.3. The second kappa shape index (κ2) is 10.8. The fourth-order valence-electron chi connectivity index (χ4n) is 6.49. The molecule has 3 aliphatic rings. The van der Waals surface area contributed by atoms with Crippen molar-refractivity contribution >= 4 is 29.1 Å². The molecule has 3 aliphatic heterocycles. The van der Waals surface area contributed by atoms with Crippen LogP contribution in [0.5, 0.6) is 5.75 Å². The molecule has 2 N–H and O–H groups in total. The molecule has 5 atom stereocenters. The van der Waals surface area contributed by atoms with Crippen molar-refractivity contribution < 1.29 is 23.9 Å². The lowest BCUT2D eigenvalue weighted by Crippen LogP contribution is -2.55. The molecule has 1 spiro atoms. The van der Waals surface area contributed by atoms with E-state index in [1.54, 1.807) is 23.3 Å². The zero-order valence-electron chi connectivity index (χ0n) is 23.0. The zero-order valence-corrected chi connectivity index (χ0v) is 23.9. The second-order valence-electron chi connectivity index (χ2n) is 11.0. The highest BCUT2D eigenvalue weighted by Gasteiger charge is 2.76. The summed E-state index contributed by atoms with van der Waals surface area (Å²) in [6.45, 7) is 2.84. The molecule has 0 unspecified atom stereocenters. The third-order valence-electron chi connectivity index (χ3n) is 8.45. The Bertz CT molecular complexity index is 1460. The molecule has 2 saturated heterocycles. The number of benzene rings is 2. The molecule has 3 aromatic rings. The fraction of sp³-hybridized carbons (Fsp3) is 0.344. The van der Waals surface area contributed by atoms with Gasteiger partial charge in [0, 0.05) is 18.0 Å². The molecule has 3 amide bonds. The van der Waals surface area contributed by atoms with E-state index in [2.05, 4.69) is 10.6 Å². The molecule has 2 fully saturated rings. The number of nitrogens with one attached hydrogen (secondary N) is 2. The van der Waals surface area contributed by atoms with Gasteiger partial charge in [-0.1, -0.05) is 60.7 Å². The zero-order chi connectivity index (χ0) is 28.6. The normalized spacial score (nSPS) is 27.6. The van der Waals surface area contributed by atoms with Gasteiger partial charge in [0.2, 0.25) is 17.7 Å². The lowest BCUT2D eigenvalue weighted by molar-refractivity contribution is -0.145. The third-order valence-corrected chi connectivity index (χ3v) is 9.33. The van der Waals surface area contributed by atoms with Crippen LogP contribution in [0.3, 0.4) is 0 Å². The topological polar surface area (TPSA) is 97.0 Å². The molecule has 0 radical (unpaired) electrons. The van der Waals surface area contributed by atoms with Gasteiger partial charge in [-0.25, -0.2) is 0 Å². The van der Waals surface area contributed by atoms with Gasteiger partial charge in [0.25, 0.3) is 0 Å². The SMILES string of the molecule is COc1ccc(CCN2C(=O)[C@@H]3[C@H](C(=O)NCc4cccs4)[C@]4(C)C=C[C@]3(O4)[C@H]2C(=O)NCc2ccccc2)cc1. The van der Waals surface area contributed by atoms with Crippen LogP contribution in [0.15, 0.2) is 84.3 Å². The van der Waals surface area contributed by atoms with Crippen molar-refractivity contribution in [2.75, 3.05) is 13.7 Å². The first-order valence-corrected chi connectivity index (χ1v) is 14.7. The molecule has 9 heteroatoms. The van der Waals surface area contributed by atoms with Crippen molar-refractivity contribution in [3.63, 3.8) is 0 Å². The molecule has 4 heterocycles. The highest BCUT2D eigenvalue weighted by atomic mass is 32.1. The number of nitrogens with zero attached hydrogens (tertiary/aromatic N) is 1. The van der Waals surface area contributed by atoms with Crippen LogP contribution in [-0.2, 0) is 38.6 Å². The van der Waals surface area contributed by atoms with Gasteiger partial charge in [-0.15, -0.1) is 11.3 Å². The highest BCUT2D eigenvalue weighted by Crippen LogP contribution is 2.59. The van der Waals surface area contributed by atoms with E-state index in [1.165, 1.54) is 0 Å². The van der Waals surface area contributed by atoms with Gasteiger partial charge in [-0.3, -0.25) is 14.4 Å². The van der Waals surface area contributed by atoms with Crippen molar-refractivity contribution in [1.29, 1.82) is 0 Å². The molecule has 212 valence electrons. The number of likely N-dealkylation sites (tertiary alicyclic amines) is 1. The molecule has 2 aromatic carbocycles. The summed E-state index contributed by atoms with van der Waals surface area (Å²) in [5.74, 6) is -1.58. The molecular weight excluding hydrogens is 538 g/mol. The number of carbonyl (C=O) groups excluding carboxylic acids is 3. The molecule has 41 heavy (non-hydrogen) atoms. The number of methoxy groups -OCH3 is 1. The van der Waals surface area contributed by atoms with Gasteiger partial charge in [-0.05, 0) is 48.1 Å². The minimum atomic E-state index is -1.22. The summed E-state index contributed by atoms with van der Waals surface area (Å²) in [4.78, 5) is 44.4. The van der Waals surface area contributed by atoms with Crippen molar-refractivity contribution in [2.24, 2.45) is 11.8 Å². The Balaban J connectivity index is 1.28. The van der Waals surface area contributed by atoms with Gasteiger partial charge in [0.15, 0.2) is 0 Å². The van der Waals surface area contributed by atoms with Crippen molar-refractivity contribution in [3.8, 4) is 5.75 Å². The first-order chi connectivity index (χ1) is 19.8. The van der Waals surface area contributed by atoms with E-state index in [-0.39, 0.29) is 17.7 Å². The predicted octanol–water partition coefficient (Wildman–Crippen LogP) is 3.47. The van der Waals surface area contributed by atoms with E-state index in [0.717, 1.165) is 21.8 Å².